The first-order valence-corrected chi connectivity index (χ1v) is 4.55. The fourth-order valence-electron chi connectivity index (χ4n) is 1.84. The van der Waals surface area contributed by atoms with Gasteiger partial charge in [0.25, 0.3) is 0 Å². The lowest BCUT2D eigenvalue weighted by molar-refractivity contribution is 0.460. The predicted molar refractivity (Wildman–Crippen MR) is 47.5 cm³/mol. The molecule has 0 unspecified atom stereocenters. The number of hydrogen-bond acceptors (Lipinski definition) is 1. The molecule has 1 heterocycles. The second-order valence-electron chi connectivity index (χ2n) is 3.42. The maximum Gasteiger partial charge on any atom is 0.222 e. The van der Waals surface area contributed by atoms with Crippen molar-refractivity contribution in [1.29, 1.82) is 0 Å². The molecule has 0 saturated carbocycles. The van der Waals surface area contributed by atoms with E-state index in [1.54, 1.807) is 0 Å². The SMILES string of the molecule is CCCB1CCCCN1C. The van der Waals surface area contributed by atoms with Crippen LogP contribution < -0.4 is 0 Å². The van der Waals surface area contributed by atoms with Crippen LogP contribution in [0.15, 0.2) is 0 Å². The fraction of sp³-hybridized carbons (Fsp3) is 1.00. The largest absolute Gasteiger partial charge is 0.345 e. The average Bonchev–Trinajstić information content (AvgIpc) is 1.94. The molecular formula is C8H18BN. The van der Waals surface area contributed by atoms with E-state index in [1.165, 1.54) is 38.4 Å². The van der Waals surface area contributed by atoms with Gasteiger partial charge in [0.15, 0.2) is 0 Å². The fourth-order valence-corrected chi connectivity index (χ4v) is 1.84. The standard InChI is InChI=1S/C8H18BN/c1-3-6-9-7-4-5-8-10(9)2/h3-8H2,1-2H3. The highest BCUT2D eigenvalue weighted by Gasteiger charge is 2.21. The summed E-state index contributed by atoms with van der Waals surface area (Å²) in [6.07, 6.45) is 7.04. The molecule has 0 amide bonds. The van der Waals surface area contributed by atoms with Crippen molar-refractivity contribution in [2.45, 2.75) is 38.8 Å². The summed E-state index contributed by atoms with van der Waals surface area (Å²) in [6.45, 7) is 4.51. The molecule has 1 saturated heterocycles. The molecule has 2 heteroatoms. The van der Waals surface area contributed by atoms with E-state index < -0.39 is 0 Å². The van der Waals surface area contributed by atoms with Crippen LogP contribution in [0.2, 0.25) is 12.6 Å². The summed E-state index contributed by atoms with van der Waals surface area (Å²) in [6, 6.07) is 0. The maximum atomic E-state index is 2.52. The van der Waals surface area contributed by atoms with Crippen LogP contribution >= 0.6 is 0 Å². The van der Waals surface area contributed by atoms with E-state index in [9.17, 15) is 0 Å². The zero-order chi connectivity index (χ0) is 7.40. The van der Waals surface area contributed by atoms with E-state index >= 15 is 0 Å². The second kappa shape index (κ2) is 4.02. The van der Waals surface area contributed by atoms with Gasteiger partial charge in [-0.2, -0.15) is 0 Å². The minimum atomic E-state index is 0.902. The number of rotatable bonds is 2. The Morgan fingerprint density at radius 3 is 2.80 bits per heavy atom. The summed E-state index contributed by atoms with van der Waals surface area (Å²) in [5.41, 5.74) is 0. The molecule has 0 aliphatic carbocycles. The first kappa shape index (κ1) is 8.12. The lowest BCUT2D eigenvalue weighted by Crippen LogP contribution is -2.39. The zero-order valence-electron chi connectivity index (χ0n) is 7.27. The minimum absolute atomic E-state index is 0.902. The molecule has 0 bridgehead atoms. The molecule has 0 spiro atoms. The molecular weight excluding hydrogens is 121 g/mol. The molecule has 1 aliphatic rings. The Bertz CT molecular complexity index is 93.3. The van der Waals surface area contributed by atoms with Crippen LogP contribution in [0.25, 0.3) is 0 Å². The third-order valence-corrected chi connectivity index (χ3v) is 2.54. The van der Waals surface area contributed by atoms with Crippen molar-refractivity contribution in [3.63, 3.8) is 0 Å². The molecule has 0 aromatic rings. The van der Waals surface area contributed by atoms with Crippen LogP contribution in [0, 0.1) is 0 Å². The number of hydrogen-bond donors (Lipinski definition) is 0. The van der Waals surface area contributed by atoms with Crippen molar-refractivity contribution in [3.8, 4) is 0 Å². The Morgan fingerprint density at radius 2 is 2.20 bits per heavy atom. The highest BCUT2D eigenvalue weighted by molar-refractivity contribution is 6.55. The van der Waals surface area contributed by atoms with Crippen LogP contribution in [0.3, 0.4) is 0 Å². The number of nitrogens with zero attached hydrogens (tertiary/aromatic N) is 1. The van der Waals surface area contributed by atoms with Crippen LogP contribution in [0.1, 0.15) is 26.2 Å². The first-order valence-electron chi connectivity index (χ1n) is 4.55. The van der Waals surface area contributed by atoms with Gasteiger partial charge in [0.05, 0.1) is 0 Å². The third kappa shape index (κ3) is 2.01. The van der Waals surface area contributed by atoms with Gasteiger partial charge in [-0.15, -0.1) is 0 Å². The zero-order valence-corrected chi connectivity index (χ0v) is 7.27. The molecule has 0 radical (unpaired) electrons. The average molecular weight is 139 g/mol. The highest BCUT2D eigenvalue weighted by Crippen LogP contribution is 2.16. The molecule has 1 rings (SSSR count). The van der Waals surface area contributed by atoms with Gasteiger partial charge in [-0.1, -0.05) is 32.4 Å². The van der Waals surface area contributed by atoms with Gasteiger partial charge < -0.3 is 4.81 Å². The lowest BCUT2D eigenvalue weighted by Gasteiger charge is -2.29. The van der Waals surface area contributed by atoms with Gasteiger partial charge in [-0.25, -0.2) is 0 Å². The van der Waals surface area contributed by atoms with Crippen LogP contribution in [0.5, 0.6) is 0 Å². The highest BCUT2D eigenvalue weighted by atomic mass is 15.0. The maximum absolute atomic E-state index is 2.52. The molecule has 0 aromatic heterocycles. The van der Waals surface area contributed by atoms with E-state index in [0.29, 0.717) is 0 Å². The smallest absolute Gasteiger partial charge is 0.222 e. The van der Waals surface area contributed by atoms with Gasteiger partial charge in [0.1, 0.15) is 0 Å². The molecule has 1 nitrogen and oxygen atoms in total. The molecule has 0 atom stereocenters. The van der Waals surface area contributed by atoms with Gasteiger partial charge in [-0.3, -0.25) is 0 Å². The van der Waals surface area contributed by atoms with Crippen LogP contribution in [-0.4, -0.2) is 25.3 Å². The van der Waals surface area contributed by atoms with Crippen LogP contribution in [-0.2, 0) is 0 Å². The summed E-state index contributed by atoms with van der Waals surface area (Å²) in [7, 11) is 2.26. The predicted octanol–water partition coefficient (Wildman–Crippen LogP) is 2.11. The summed E-state index contributed by atoms with van der Waals surface area (Å²) in [4.78, 5) is 2.52. The van der Waals surface area contributed by atoms with Gasteiger partial charge in [0.2, 0.25) is 6.85 Å². The molecule has 0 aromatic carbocycles. The Labute approximate surface area is 64.9 Å². The second-order valence-corrected chi connectivity index (χ2v) is 3.42. The van der Waals surface area contributed by atoms with Gasteiger partial charge >= 0.3 is 0 Å². The van der Waals surface area contributed by atoms with Crippen molar-refractivity contribution in [1.82, 2.24) is 4.81 Å². The molecule has 1 aliphatic heterocycles. The molecule has 10 heavy (non-hydrogen) atoms. The van der Waals surface area contributed by atoms with Crippen molar-refractivity contribution in [3.05, 3.63) is 0 Å². The first-order chi connectivity index (χ1) is 4.84. The summed E-state index contributed by atoms with van der Waals surface area (Å²) >= 11 is 0. The lowest BCUT2D eigenvalue weighted by atomic mass is 9.51. The van der Waals surface area contributed by atoms with E-state index in [0.717, 1.165) is 6.85 Å². The monoisotopic (exact) mass is 139 g/mol. The van der Waals surface area contributed by atoms with E-state index in [1.807, 2.05) is 0 Å². The molecule has 0 N–H and O–H groups in total. The van der Waals surface area contributed by atoms with Crippen molar-refractivity contribution >= 4 is 6.85 Å². The van der Waals surface area contributed by atoms with Crippen LogP contribution in [0.4, 0.5) is 0 Å². The summed E-state index contributed by atoms with van der Waals surface area (Å²) < 4.78 is 0. The van der Waals surface area contributed by atoms with Crippen molar-refractivity contribution in [2.24, 2.45) is 0 Å². The van der Waals surface area contributed by atoms with E-state index in [4.69, 9.17) is 0 Å². The Balaban J connectivity index is 2.25. The molecule has 1 fully saturated rings. The van der Waals surface area contributed by atoms with Gasteiger partial charge in [0, 0.05) is 0 Å². The Kier molecular flexibility index (Phi) is 3.27. The minimum Gasteiger partial charge on any atom is -0.345 e. The summed E-state index contributed by atoms with van der Waals surface area (Å²) in [5.74, 6) is 0. The normalized spacial score (nSPS) is 21.6. The van der Waals surface area contributed by atoms with E-state index in [-0.39, 0.29) is 0 Å². The Morgan fingerprint density at radius 1 is 1.40 bits per heavy atom. The summed E-state index contributed by atoms with van der Waals surface area (Å²) in [5, 5.41) is 0. The quantitative estimate of drug-likeness (QED) is 0.529. The Hall–Kier alpha value is 0.0249. The van der Waals surface area contributed by atoms with Crippen molar-refractivity contribution < 1.29 is 0 Å². The topological polar surface area (TPSA) is 3.24 Å². The van der Waals surface area contributed by atoms with E-state index in [2.05, 4.69) is 18.8 Å². The third-order valence-electron chi connectivity index (χ3n) is 2.54. The van der Waals surface area contributed by atoms with Gasteiger partial charge in [-0.05, 0) is 20.0 Å². The van der Waals surface area contributed by atoms with Crippen molar-refractivity contribution in [2.75, 3.05) is 13.6 Å². The molecule has 58 valence electrons.